The Kier molecular flexibility index (Phi) is 6.36. The SMILES string of the molecule is COc1ccc(C(OCC2[CH]CCO2)(c2ccccc2)c2ccc(OC)cc2)cc1. The quantitative estimate of drug-likeness (QED) is 0.496. The summed E-state index contributed by atoms with van der Waals surface area (Å²) in [6.45, 7) is 1.21. The highest BCUT2D eigenvalue weighted by molar-refractivity contribution is 5.49. The van der Waals surface area contributed by atoms with Crippen LogP contribution < -0.4 is 9.47 Å². The number of rotatable bonds is 8. The van der Waals surface area contributed by atoms with E-state index in [2.05, 4.69) is 42.8 Å². The monoisotopic (exact) mass is 403 g/mol. The molecule has 1 radical (unpaired) electrons. The molecule has 0 aliphatic carbocycles. The molecule has 155 valence electrons. The molecule has 4 rings (SSSR count). The van der Waals surface area contributed by atoms with Crippen molar-refractivity contribution < 1.29 is 18.9 Å². The van der Waals surface area contributed by atoms with Crippen molar-refractivity contribution in [1.82, 2.24) is 0 Å². The summed E-state index contributed by atoms with van der Waals surface area (Å²) >= 11 is 0. The van der Waals surface area contributed by atoms with Crippen LogP contribution in [0.4, 0.5) is 0 Å². The summed E-state index contributed by atoms with van der Waals surface area (Å²) in [6, 6.07) is 26.4. The summed E-state index contributed by atoms with van der Waals surface area (Å²) in [6.07, 6.45) is 3.12. The molecule has 3 aromatic rings. The third-order valence-electron chi connectivity index (χ3n) is 5.52. The second-order valence-electron chi connectivity index (χ2n) is 7.25. The minimum absolute atomic E-state index is 0.00964. The Bertz CT molecular complexity index is 866. The zero-order valence-corrected chi connectivity index (χ0v) is 17.4. The predicted octanol–water partition coefficient (Wildman–Crippen LogP) is 5.01. The smallest absolute Gasteiger partial charge is 0.143 e. The van der Waals surface area contributed by atoms with Gasteiger partial charge in [-0.2, -0.15) is 0 Å². The first-order valence-electron chi connectivity index (χ1n) is 10.2. The van der Waals surface area contributed by atoms with Gasteiger partial charge in [0.15, 0.2) is 0 Å². The van der Waals surface area contributed by atoms with E-state index in [1.165, 1.54) is 0 Å². The molecule has 1 aliphatic rings. The van der Waals surface area contributed by atoms with E-state index in [1.807, 2.05) is 42.5 Å². The molecule has 1 unspecified atom stereocenters. The molecule has 1 aliphatic heterocycles. The van der Waals surface area contributed by atoms with Crippen LogP contribution in [-0.4, -0.2) is 33.5 Å². The summed E-state index contributed by atoms with van der Waals surface area (Å²) in [7, 11) is 3.35. The van der Waals surface area contributed by atoms with Crippen molar-refractivity contribution in [2.45, 2.75) is 18.1 Å². The molecule has 1 saturated heterocycles. The highest BCUT2D eigenvalue weighted by atomic mass is 16.5. The first-order valence-corrected chi connectivity index (χ1v) is 10.2. The van der Waals surface area contributed by atoms with Gasteiger partial charge in [0.05, 0.1) is 26.9 Å². The lowest BCUT2D eigenvalue weighted by Crippen LogP contribution is -2.35. The first kappa shape index (κ1) is 20.5. The summed E-state index contributed by atoms with van der Waals surface area (Å²) in [5, 5.41) is 0. The highest BCUT2D eigenvalue weighted by Crippen LogP contribution is 2.42. The van der Waals surface area contributed by atoms with E-state index in [1.54, 1.807) is 14.2 Å². The Morgan fingerprint density at radius 1 is 0.767 bits per heavy atom. The average molecular weight is 403 g/mol. The van der Waals surface area contributed by atoms with Gasteiger partial charge >= 0.3 is 0 Å². The molecule has 0 amide bonds. The molecule has 4 heteroatoms. The van der Waals surface area contributed by atoms with Gasteiger partial charge in [0.2, 0.25) is 0 Å². The third-order valence-corrected chi connectivity index (χ3v) is 5.52. The number of hydrogen-bond donors (Lipinski definition) is 0. The van der Waals surface area contributed by atoms with Crippen LogP contribution in [0.15, 0.2) is 78.9 Å². The molecule has 0 aromatic heterocycles. The Labute approximate surface area is 178 Å². The first-order chi connectivity index (χ1) is 14.8. The molecule has 1 atom stereocenters. The van der Waals surface area contributed by atoms with Crippen molar-refractivity contribution in [2.75, 3.05) is 27.4 Å². The molecule has 1 fully saturated rings. The topological polar surface area (TPSA) is 36.9 Å². The van der Waals surface area contributed by atoms with E-state index in [0.717, 1.165) is 41.2 Å². The van der Waals surface area contributed by atoms with Crippen LogP contribution in [-0.2, 0) is 15.1 Å². The average Bonchev–Trinajstić information content (AvgIpc) is 3.35. The Balaban J connectivity index is 1.85. The van der Waals surface area contributed by atoms with Gasteiger partial charge in [-0.05, 0) is 53.8 Å². The van der Waals surface area contributed by atoms with Gasteiger partial charge in [-0.1, -0.05) is 54.6 Å². The van der Waals surface area contributed by atoms with Crippen LogP contribution >= 0.6 is 0 Å². The standard InChI is InChI=1S/C26H27O4/c1-27-23-14-10-21(11-15-23)26(20-7-4-3-5-8-20,30-19-25-9-6-18-29-25)22-12-16-24(28-2)17-13-22/h3-5,7-17,25H,6,18-19H2,1-2H3. The van der Waals surface area contributed by atoms with Crippen molar-refractivity contribution in [3.8, 4) is 11.5 Å². The fraction of sp³-hybridized carbons (Fsp3) is 0.269. The van der Waals surface area contributed by atoms with Crippen molar-refractivity contribution in [3.05, 3.63) is 102 Å². The Morgan fingerprint density at radius 3 is 1.77 bits per heavy atom. The minimum atomic E-state index is -0.792. The van der Waals surface area contributed by atoms with E-state index in [0.29, 0.717) is 6.61 Å². The number of ether oxygens (including phenoxy) is 4. The normalized spacial score (nSPS) is 16.4. The molecule has 3 aromatic carbocycles. The van der Waals surface area contributed by atoms with Crippen LogP contribution in [0, 0.1) is 6.42 Å². The summed E-state index contributed by atoms with van der Waals surface area (Å²) in [5.74, 6) is 1.62. The molecule has 0 spiro atoms. The van der Waals surface area contributed by atoms with Crippen LogP contribution in [0.3, 0.4) is 0 Å². The summed E-state index contributed by atoms with van der Waals surface area (Å²) < 4.78 is 23.4. The number of benzene rings is 3. The van der Waals surface area contributed by atoms with Gasteiger partial charge < -0.3 is 18.9 Å². The van der Waals surface area contributed by atoms with Gasteiger partial charge in [-0.3, -0.25) is 0 Å². The third kappa shape index (κ3) is 4.07. The summed E-state index contributed by atoms with van der Waals surface area (Å²) in [4.78, 5) is 0. The van der Waals surface area contributed by atoms with Gasteiger partial charge in [-0.15, -0.1) is 0 Å². The van der Waals surface area contributed by atoms with E-state index < -0.39 is 5.60 Å². The maximum Gasteiger partial charge on any atom is 0.143 e. The molecule has 0 bridgehead atoms. The largest absolute Gasteiger partial charge is 0.497 e. The van der Waals surface area contributed by atoms with Gasteiger partial charge in [0, 0.05) is 6.61 Å². The molecule has 4 nitrogen and oxygen atoms in total. The van der Waals surface area contributed by atoms with Crippen LogP contribution in [0.2, 0.25) is 0 Å². The van der Waals surface area contributed by atoms with Gasteiger partial charge in [0.1, 0.15) is 17.1 Å². The molecular weight excluding hydrogens is 376 g/mol. The number of hydrogen-bond acceptors (Lipinski definition) is 4. The van der Waals surface area contributed by atoms with E-state index in [4.69, 9.17) is 18.9 Å². The second kappa shape index (κ2) is 9.33. The second-order valence-corrected chi connectivity index (χ2v) is 7.25. The molecular formula is C26H27O4. The summed E-state index contributed by atoms with van der Waals surface area (Å²) in [5.41, 5.74) is 2.31. The minimum Gasteiger partial charge on any atom is -0.497 e. The molecule has 30 heavy (non-hydrogen) atoms. The zero-order chi connectivity index (χ0) is 20.8. The van der Waals surface area contributed by atoms with Crippen molar-refractivity contribution in [1.29, 1.82) is 0 Å². The zero-order valence-electron chi connectivity index (χ0n) is 17.4. The molecule has 1 heterocycles. The lowest BCUT2D eigenvalue weighted by Gasteiger charge is -2.36. The lowest BCUT2D eigenvalue weighted by atomic mass is 9.80. The maximum atomic E-state index is 6.78. The Morgan fingerprint density at radius 2 is 1.30 bits per heavy atom. The van der Waals surface area contributed by atoms with Gasteiger partial charge in [-0.25, -0.2) is 0 Å². The van der Waals surface area contributed by atoms with E-state index in [-0.39, 0.29) is 6.10 Å². The lowest BCUT2D eigenvalue weighted by molar-refractivity contribution is -0.0387. The number of methoxy groups -OCH3 is 2. The van der Waals surface area contributed by atoms with Crippen LogP contribution in [0.25, 0.3) is 0 Å². The fourth-order valence-electron chi connectivity index (χ4n) is 3.94. The van der Waals surface area contributed by atoms with Crippen molar-refractivity contribution in [3.63, 3.8) is 0 Å². The van der Waals surface area contributed by atoms with Crippen molar-refractivity contribution >= 4 is 0 Å². The van der Waals surface area contributed by atoms with Gasteiger partial charge in [0.25, 0.3) is 0 Å². The maximum absolute atomic E-state index is 6.78. The molecule has 0 saturated carbocycles. The van der Waals surface area contributed by atoms with Crippen molar-refractivity contribution in [2.24, 2.45) is 0 Å². The highest BCUT2D eigenvalue weighted by Gasteiger charge is 2.38. The van der Waals surface area contributed by atoms with Crippen LogP contribution in [0.1, 0.15) is 23.1 Å². The van der Waals surface area contributed by atoms with Crippen LogP contribution in [0.5, 0.6) is 11.5 Å². The fourth-order valence-corrected chi connectivity index (χ4v) is 3.94. The Hall–Kier alpha value is -2.82. The van der Waals surface area contributed by atoms with E-state index in [9.17, 15) is 0 Å². The molecule has 0 N–H and O–H groups in total. The van der Waals surface area contributed by atoms with E-state index >= 15 is 0 Å². The predicted molar refractivity (Wildman–Crippen MR) is 117 cm³/mol.